The molecule has 28 heavy (non-hydrogen) atoms. The van der Waals surface area contributed by atoms with E-state index in [9.17, 15) is 18.4 Å². The number of rotatable bonds is 5. The van der Waals surface area contributed by atoms with Crippen molar-refractivity contribution in [2.75, 3.05) is 32.0 Å². The largest absolute Gasteiger partial charge is 0.331 e. The van der Waals surface area contributed by atoms with Crippen molar-refractivity contribution < 1.29 is 18.4 Å². The van der Waals surface area contributed by atoms with Crippen LogP contribution in [0.1, 0.15) is 29.4 Å². The van der Waals surface area contributed by atoms with Crippen LogP contribution in [0.25, 0.3) is 0 Å². The predicted molar refractivity (Wildman–Crippen MR) is 100 cm³/mol. The summed E-state index contributed by atoms with van der Waals surface area (Å²) < 4.78 is 28.0. The van der Waals surface area contributed by atoms with Crippen molar-refractivity contribution >= 4 is 29.9 Å². The molecular formula is C17H21ClF2N6O2. The molecule has 1 aliphatic rings. The summed E-state index contributed by atoms with van der Waals surface area (Å²) in [7, 11) is 1.44. The highest BCUT2D eigenvalue weighted by Gasteiger charge is 2.21. The molecule has 1 aromatic heterocycles. The number of nitrogens with zero attached hydrogens (tertiary/aromatic N) is 4. The van der Waals surface area contributed by atoms with Crippen molar-refractivity contribution in [3.63, 3.8) is 0 Å². The van der Waals surface area contributed by atoms with Crippen molar-refractivity contribution in [3.05, 3.63) is 41.7 Å². The van der Waals surface area contributed by atoms with Crippen LogP contribution in [0.3, 0.4) is 0 Å². The van der Waals surface area contributed by atoms with Crippen LogP contribution in [0.2, 0.25) is 0 Å². The summed E-state index contributed by atoms with van der Waals surface area (Å²) in [4.78, 5) is 25.6. The van der Waals surface area contributed by atoms with E-state index >= 15 is 0 Å². The number of aromatic nitrogens is 3. The van der Waals surface area contributed by atoms with Gasteiger partial charge >= 0.3 is 0 Å². The van der Waals surface area contributed by atoms with Gasteiger partial charge in [-0.05, 0) is 38.1 Å². The lowest BCUT2D eigenvalue weighted by Gasteiger charge is -2.22. The Morgan fingerprint density at radius 1 is 1.25 bits per heavy atom. The Morgan fingerprint density at radius 2 is 1.89 bits per heavy atom. The first-order valence-electron chi connectivity index (χ1n) is 8.56. The summed E-state index contributed by atoms with van der Waals surface area (Å²) in [5, 5.41) is 13.5. The second-order valence-electron chi connectivity index (χ2n) is 6.43. The minimum atomic E-state index is -0.802. The first-order chi connectivity index (χ1) is 12.9. The quantitative estimate of drug-likeness (QED) is 0.775. The van der Waals surface area contributed by atoms with Crippen LogP contribution in [-0.4, -0.2) is 58.4 Å². The molecule has 2 amide bonds. The van der Waals surface area contributed by atoms with E-state index in [0.717, 1.165) is 38.1 Å². The molecule has 1 aliphatic heterocycles. The highest BCUT2D eigenvalue weighted by Crippen LogP contribution is 2.17. The smallest absolute Gasteiger partial charge is 0.276 e. The van der Waals surface area contributed by atoms with Crippen LogP contribution in [0, 0.1) is 11.6 Å². The fourth-order valence-corrected chi connectivity index (χ4v) is 2.93. The fourth-order valence-electron chi connectivity index (χ4n) is 2.93. The number of halogens is 3. The van der Waals surface area contributed by atoms with E-state index < -0.39 is 23.4 Å². The lowest BCUT2D eigenvalue weighted by atomic mass is 10.1. The molecule has 0 bridgehead atoms. The molecule has 1 saturated heterocycles. The van der Waals surface area contributed by atoms with Gasteiger partial charge in [0.05, 0.1) is 18.8 Å². The number of carbonyl (C=O) groups excluding carboxylic acids is 2. The Hall–Kier alpha value is -2.59. The van der Waals surface area contributed by atoms with Gasteiger partial charge in [0.2, 0.25) is 5.91 Å². The van der Waals surface area contributed by atoms with Crippen LogP contribution >= 0.6 is 12.4 Å². The Kier molecular flexibility index (Phi) is 7.41. The van der Waals surface area contributed by atoms with Gasteiger partial charge in [-0.2, -0.15) is 0 Å². The van der Waals surface area contributed by atoms with E-state index in [1.54, 1.807) is 10.9 Å². The van der Waals surface area contributed by atoms with Crippen molar-refractivity contribution in [1.29, 1.82) is 0 Å². The summed E-state index contributed by atoms with van der Waals surface area (Å²) in [5.41, 5.74) is 0.121. The molecule has 0 unspecified atom stereocenters. The lowest BCUT2D eigenvalue weighted by Crippen LogP contribution is -2.35. The topological polar surface area (TPSA) is 92.2 Å². The van der Waals surface area contributed by atoms with Crippen molar-refractivity contribution in [1.82, 2.24) is 25.2 Å². The molecule has 3 rings (SSSR count). The third-order valence-corrected chi connectivity index (χ3v) is 4.29. The summed E-state index contributed by atoms with van der Waals surface area (Å²) in [6.07, 6.45) is 3.38. The van der Waals surface area contributed by atoms with Crippen LogP contribution in [0.15, 0.2) is 24.4 Å². The highest BCUT2D eigenvalue weighted by atomic mass is 35.5. The second-order valence-corrected chi connectivity index (χ2v) is 6.43. The number of hydrogen-bond acceptors (Lipinski definition) is 5. The van der Waals surface area contributed by atoms with Crippen LogP contribution in [-0.2, 0) is 4.79 Å². The zero-order chi connectivity index (χ0) is 19.4. The SMILES string of the molecule is CN(CC(=O)Nc1cc(F)cc(F)c1)C(=O)c1cn(C2CCNCC2)nn1.Cl. The predicted octanol–water partition coefficient (Wildman–Crippen LogP) is 1.61. The third kappa shape index (κ3) is 5.46. The number of benzene rings is 1. The van der Waals surface area contributed by atoms with E-state index in [1.807, 2.05) is 0 Å². The fraction of sp³-hybridized carbons (Fsp3) is 0.412. The Bertz CT molecular complexity index is 821. The summed E-state index contributed by atoms with van der Waals surface area (Å²) in [5.74, 6) is -2.65. The molecule has 1 aromatic carbocycles. The van der Waals surface area contributed by atoms with Crippen molar-refractivity contribution in [2.24, 2.45) is 0 Å². The van der Waals surface area contributed by atoms with E-state index in [1.165, 1.54) is 11.9 Å². The van der Waals surface area contributed by atoms with Gasteiger partial charge in [-0.1, -0.05) is 5.21 Å². The van der Waals surface area contributed by atoms with Crippen LogP contribution in [0.5, 0.6) is 0 Å². The number of hydrogen-bond donors (Lipinski definition) is 2. The zero-order valence-corrected chi connectivity index (χ0v) is 16.0. The molecule has 8 nitrogen and oxygen atoms in total. The van der Waals surface area contributed by atoms with Gasteiger partial charge in [0.25, 0.3) is 5.91 Å². The molecule has 0 radical (unpaired) electrons. The van der Waals surface area contributed by atoms with Crippen molar-refractivity contribution in [2.45, 2.75) is 18.9 Å². The molecule has 11 heteroatoms. The molecule has 0 atom stereocenters. The maximum Gasteiger partial charge on any atom is 0.276 e. The minimum absolute atomic E-state index is 0. The number of piperidine rings is 1. The molecule has 0 saturated carbocycles. The maximum absolute atomic E-state index is 13.2. The molecule has 2 heterocycles. The summed E-state index contributed by atoms with van der Waals surface area (Å²) >= 11 is 0. The average molecular weight is 415 g/mol. The zero-order valence-electron chi connectivity index (χ0n) is 15.2. The number of nitrogens with one attached hydrogen (secondary N) is 2. The first-order valence-corrected chi connectivity index (χ1v) is 8.56. The van der Waals surface area contributed by atoms with Gasteiger partial charge in [0.1, 0.15) is 11.6 Å². The van der Waals surface area contributed by atoms with Gasteiger partial charge in [-0.15, -0.1) is 17.5 Å². The number of amides is 2. The number of likely N-dealkylation sites (N-methyl/N-ethyl adjacent to an activating group) is 1. The molecule has 1 fully saturated rings. The maximum atomic E-state index is 13.2. The first kappa shape index (κ1) is 21.7. The minimum Gasteiger partial charge on any atom is -0.331 e. The van der Waals surface area contributed by atoms with Crippen LogP contribution in [0.4, 0.5) is 14.5 Å². The highest BCUT2D eigenvalue weighted by molar-refractivity contribution is 5.98. The van der Waals surface area contributed by atoms with E-state index in [2.05, 4.69) is 20.9 Å². The Morgan fingerprint density at radius 3 is 2.54 bits per heavy atom. The van der Waals surface area contributed by atoms with E-state index in [0.29, 0.717) is 6.07 Å². The van der Waals surface area contributed by atoms with Gasteiger partial charge in [0.15, 0.2) is 5.69 Å². The monoisotopic (exact) mass is 414 g/mol. The molecular weight excluding hydrogens is 394 g/mol. The summed E-state index contributed by atoms with van der Waals surface area (Å²) in [6.45, 7) is 1.47. The number of anilines is 1. The molecule has 2 N–H and O–H groups in total. The number of carbonyl (C=O) groups is 2. The van der Waals surface area contributed by atoms with E-state index in [-0.39, 0.29) is 36.4 Å². The molecule has 0 spiro atoms. The van der Waals surface area contributed by atoms with Gasteiger partial charge in [0, 0.05) is 18.8 Å². The Labute approximate surface area is 166 Å². The Balaban J connectivity index is 0.00000280. The lowest BCUT2D eigenvalue weighted by molar-refractivity contribution is -0.116. The van der Waals surface area contributed by atoms with Gasteiger partial charge in [-0.25, -0.2) is 13.5 Å². The second kappa shape index (κ2) is 9.56. The summed E-state index contributed by atoms with van der Waals surface area (Å²) in [6, 6.07) is 2.88. The molecule has 0 aliphatic carbocycles. The molecule has 2 aromatic rings. The van der Waals surface area contributed by atoms with Crippen LogP contribution < -0.4 is 10.6 Å². The van der Waals surface area contributed by atoms with E-state index in [4.69, 9.17) is 0 Å². The average Bonchev–Trinajstić information content (AvgIpc) is 3.10. The third-order valence-electron chi connectivity index (χ3n) is 4.29. The van der Waals surface area contributed by atoms with Crippen molar-refractivity contribution in [3.8, 4) is 0 Å². The van der Waals surface area contributed by atoms with Gasteiger partial charge < -0.3 is 15.5 Å². The van der Waals surface area contributed by atoms with Gasteiger partial charge in [-0.3, -0.25) is 9.59 Å². The molecule has 152 valence electrons. The standard InChI is InChI=1S/C17H20F2N6O2.ClH/c1-24(10-16(26)21-13-7-11(18)6-12(19)8-13)17(27)15-9-25(23-22-15)14-2-4-20-5-3-14;/h6-9,14,20H,2-5,10H2,1H3,(H,21,26);1H. The normalized spacial score (nSPS) is 14.2.